The van der Waals surface area contributed by atoms with Gasteiger partial charge >= 0.3 is 0 Å². The van der Waals surface area contributed by atoms with Crippen LogP contribution in [0.25, 0.3) is 0 Å². The lowest BCUT2D eigenvalue weighted by Crippen LogP contribution is -2.49. The summed E-state index contributed by atoms with van der Waals surface area (Å²) in [5.74, 6) is 4.46. The van der Waals surface area contributed by atoms with Crippen LogP contribution in [0.2, 0.25) is 18.1 Å². The Labute approximate surface area is 225 Å². The Morgan fingerprint density at radius 3 is 2.25 bits per heavy atom. The Morgan fingerprint density at radius 1 is 0.917 bits per heavy atom. The smallest absolute Gasteiger partial charge is 0.192 e. The molecule has 0 spiro atoms. The van der Waals surface area contributed by atoms with Gasteiger partial charge in [0.05, 0.1) is 0 Å². The van der Waals surface area contributed by atoms with Crippen LogP contribution in [-0.2, 0) is 4.43 Å². The molecule has 3 fully saturated rings. The molecule has 1 nitrogen and oxygen atoms in total. The Kier molecular flexibility index (Phi) is 7.78. The molecular formula is C34H58OSi. The minimum Gasteiger partial charge on any atom is -0.414 e. The topological polar surface area (TPSA) is 9.23 Å². The van der Waals surface area contributed by atoms with Crippen LogP contribution in [0.5, 0.6) is 0 Å². The molecule has 0 amide bonds. The van der Waals surface area contributed by atoms with E-state index in [1.165, 1.54) is 38.5 Å². The van der Waals surface area contributed by atoms with Gasteiger partial charge in [-0.2, -0.15) is 0 Å². The van der Waals surface area contributed by atoms with E-state index >= 15 is 0 Å². The molecule has 3 saturated carbocycles. The third kappa shape index (κ3) is 4.92. The van der Waals surface area contributed by atoms with E-state index in [1.54, 1.807) is 5.57 Å². The van der Waals surface area contributed by atoms with Gasteiger partial charge in [0.15, 0.2) is 8.32 Å². The van der Waals surface area contributed by atoms with E-state index in [4.69, 9.17) is 4.43 Å². The minimum atomic E-state index is -1.72. The summed E-state index contributed by atoms with van der Waals surface area (Å²) in [5.41, 5.74) is 4.35. The van der Waals surface area contributed by atoms with Crippen molar-refractivity contribution in [3.05, 3.63) is 35.5 Å². The van der Waals surface area contributed by atoms with Gasteiger partial charge in [0.1, 0.15) is 0 Å². The van der Waals surface area contributed by atoms with E-state index in [2.05, 4.69) is 99.7 Å². The largest absolute Gasteiger partial charge is 0.414 e. The predicted octanol–water partition coefficient (Wildman–Crippen LogP) is 10.4. The van der Waals surface area contributed by atoms with E-state index < -0.39 is 8.32 Å². The van der Waals surface area contributed by atoms with Crippen LogP contribution in [0.4, 0.5) is 0 Å². The second-order valence-corrected chi connectivity index (χ2v) is 20.5. The van der Waals surface area contributed by atoms with E-state index in [0.29, 0.717) is 28.8 Å². The molecule has 4 aliphatic carbocycles. The highest BCUT2D eigenvalue weighted by Gasteiger charge is 2.57. The molecule has 0 aromatic carbocycles. The van der Waals surface area contributed by atoms with Crippen molar-refractivity contribution in [3.63, 3.8) is 0 Å². The van der Waals surface area contributed by atoms with Gasteiger partial charge < -0.3 is 4.43 Å². The van der Waals surface area contributed by atoms with Gasteiger partial charge in [-0.15, -0.1) is 0 Å². The molecule has 0 N–H and O–H groups in total. The molecular weight excluding hydrogens is 452 g/mol. The summed E-state index contributed by atoms with van der Waals surface area (Å²) in [6.45, 7) is 26.8. The Bertz CT molecular complexity index is 901. The summed E-state index contributed by atoms with van der Waals surface area (Å²) < 4.78 is 6.92. The standard InChI is InChI=1S/C34H58OSi/c1-23(2)24(3)12-13-25(4)29-16-17-30-28-15-14-26-22-27(35-36(10,11)32(5,6)7)18-20-33(26,8)31(28)19-21-34(29,30)9/h12-15,23-25,27,29-31H,16-22H2,1-11H3/t24-,25+,27-,29+,30-,31-,33-,34+/m0/s1. The van der Waals surface area contributed by atoms with E-state index in [0.717, 1.165) is 30.1 Å². The Balaban J connectivity index is 1.52. The molecule has 0 bridgehead atoms. The van der Waals surface area contributed by atoms with Crippen molar-refractivity contribution in [3.8, 4) is 0 Å². The van der Waals surface area contributed by atoms with Crippen LogP contribution in [-0.4, -0.2) is 14.4 Å². The quantitative estimate of drug-likeness (QED) is 0.255. The highest BCUT2D eigenvalue weighted by atomic mass is 28.4. The van der Waals surface area contributed by atoms with E-state index in [-0.39, 0.29) is 5.04 Å². The van der Waals surface area contributed by atoms with Gasteiger partial charge in [-0.05, 0) is 109 Å². The first kappa shape index (κ1) is 28.4. The van der Waals surface area contributed by atoms with Crippen molar-refractivity contribution in [1.29, 1.82) is 0 Å². The van der Waals surface area contributed by atoms with E-state index in [1.807, 2.05) is 5.57 Å². The third-order valence-electron chi connectivity index (χ3n) is 12.3. The van der Waals surface area contributed by atoms with Crippen LogP contribution >= 0.6 is 0 Å². The molecule has 0 aromatic heterocycles. The van der Waals surface area contributed by atoms with Gasteiger partial charge in [-0.25, -0.2) is 0 Å². The fourth-order valence-electron chi connectivity index (χ4n) is 8.27. The highest BCUT2D eigenvalue weighted by molar-refractivity contribution is 6.74. The van der Waals surface area contributed by atoms with Crippen LogP contribution in [0.3, 0.4) is 0 Å². The van der Waals surface area contributed by atoms with Gasteiger partial charge in [0.2, 0.25) is 0 Å². The zero-order valence-electron chi connectivity index (χ0n) is 25.7. The summed E-state index contributed by atoms with van der Waals surface area (Å²) in [5, 5.41) is 0.285. The maximum atomic E-state index is 6.92. The molecule has 4 rings (SSSR count). The SMILES string of the molecule is CC(C)[C@@H](C)C=C[C@@H](C)[C@H]1CC[C@H]2C3=CC=C4C[C@@H](O[Si](C)(C)C(C)(C)C)CC[C@]4(C)[C@H]3CC[C@]12C. The second-order valence-electron chi connectivity index (χ2n) is 15.7. The van der Waals surface area contributed by atoms with Crippen molar-refractivity contribution < 1.29 is 4.43 Å². The summed E-state index contributed by atoms with van der Waals surface area (Å²) in [6.07, 6.45) is 20.0. The summed E-state index contributed by atoms with van der Waals surface area (Å²) in [6, 6.07) is 0. The van der Waals surface area contributed by atoms with Crippen LogP contribution in [0.1, 0.15) is 107 Å². The molecule has 0 saturated heterocycles. The molecule has 204 valence electrons. The first-order chi connectivity index (χ1) is 16.6. The number of rotatable bonds is 6. The average molecular weight is 511 g/mol. The molecule has 0 aliphatic heterocycles. The first-order valence-corrected chi connectivity index (χ1v) is 18.3. The zero-order chi connectivity index (χ0) is 26.7. The lowest BCUT2D eigenvalue weighted by Gasteiger charge is -2.55. The second kappa shape index (κ2) is 9.85. The van der Waals surface area contributed by atoms with Crippen molar-refractivity contribution in [1.82, 2.24) is 0 Å². The predicted molar refractivity (Wildman–Crippen MR) is 160 cm³/mol. The number of allylic oxidation sites excluding steroid dienone is 5. The van der Waals surface area contributed by atoms with Gasteiger partial charge in [-0.3, -0.25) is 0 Å². The van der Waals surface area contributed by atoms with Gasteiger partial charge in [0, 0.05) is 6.10 Å². The molecule has 8 atom stereocenters. The molecule has 2 heteroatoms. The van der Waals surface area contributed by atoms with E-state index in [9.17, 15) is 0 Å². The van der Waals surface area contributed by atoms with Crippen LogP contribution in [0.15, 0.2) is 35.5 Å². The summed E-state index contributed by atoms with van der Waals surface area (Å²) >= 11 is 0. The van der Waals surface area contributed by atoms with Crippen molar-refractivity contribution >= 4 is 8.32 Å². The highest BCUT2D eigenvalue weighted by Crippen LogP contribution is 2.66. The van der Waals surface area contributed by atoms with Gasteiger partial charge in [0.25, 0.3) is 0 Å². The number of hydrogen-bond donors (Lipinski definition) is 0. The molecule has 36 heavy (non-hydrogen) atoms. The zero-order valence-corrected chi connectivity index (χ0v) is 26.7. The van der Waals surface area contributed by atoms with Crippen molar-refractivity contribution in [2.45, 2.75) is 131 Å². The molecule has 0 unspecified atom stereocenters. The molecule has 4 aliphatic rings. The lowest BCUT2D eigenvalue weighted by atomic mass is 9.50. The maximum absolute atomic E-state index is 6.92. The monoisotopic (exact) mass is 510 g/mol. The first-order valence-electron chi connectivity index (χ1n) is 15.4. The Hall–Kier alpha value is -0.603. The number of hydrogen-bond acceptors (Lipinski definition) is 1. The number of fused-ring (bicyclic) bond motifs is 5. The lowest BCUT2D eigenvalue weighted by molar-refractivity contribution is 0.0405. The van der Waals surface area contributed by atoms with Gasteiger partial charge in [-0.1, -0.05) is 97.8 Å². The third-order valence-corrected chi connectivity index (χ3v) is 16.8. The summed E-state index contributed by atoms with van der Waals surface area (Å²) in [7, 11) is -1.72. The molecule has 0 radical (unpaired) electrons. The fraction of sp³-hybridized carbons (Fsp3) is 0.824. The van der Waals surface area contributed by atoms with Crippen LogP contribution in [0, 0.1) is 46.3 Å². The maximum Gasteiger partial charge on any atom is 0.192 e. The molecule has 0 heterocycles. The van der Waals surface area contributed by atoms with Crippen LogP contribution < -0.4 is 0 Å². The van der Waals surface area contributed by atoms with Crippen molar-refractivity contribution in [2.24, 2.45) is 46.3 Å². The minimum absolute atomic E-state index is 0.285. The average Bonchev–Trinajstić information content (AvgIpc) is 3.13. The Morgan fingerprint density at radius 2 is 1.61 bits per heavy atom. The normalized spacial score (nSPS) is 38.8. The summed E-state index contributed by atoms with van der Waals surface area (Å²) in [4.78, 5) is 0. The fourth-order valence-corrected chi connectivity index (χ4v) is 9.66. The molecule has 0 aromatic rings. The van der Waals surface area contributed by atoms with Crippen molar-refractivity contribution in [2.75, 3.05) is 0 Å².